The third-order valence-corrected chi connectivity index (χ3v) is 12.0. The lowest BCUT2D eigenvalue weighted by atomic mass is 9.95. The molecular weight excluding hydrogens is 1110 g/mol. The van der Waals surface area contributed by atoms with Crippen molar-refractivity contribution in [1.29, 1.82) is 0 Å². The molecule has 0 unspecified atom stereocenters. The van der Waals surface area contributed by atoms with E-state index in [1.807, 2.05) is 84.0 Å². The predicted octanol–water partition coefficient (Wildman–Crippen LogP) is 7.08. The van der Waals surface area contributed by atoms with Gasteiger partial charge in [0.25, 0.3) is 11.8 Å². The van der Waals surface area contributed by atoms with E-state index in [1.165, 1.54) is 27.6 Å². The fourth-order valence-corrected chi connectivity index (χ4v) is 6.82. The molecule has 0 bridgehead atoms. The van der Waals surface area contributed by atoms with Gasteiger partial charge in [0, 0.05) is 88.5 Å². The number of carboxylic acids is 1. The minimum Gasteiger partial charge on any atom is -0.495 e. The van der Waals surface area contributed by atoms with Crippen LogP contribution in [0, 0.1) is 16.2 Å². The van der Waals surface area contributed by atoms with E-state index in [4.69, 9.17) is 54.4 Å². The zero-order chi connectivity index (χ0) is 60.2. The Balaban J connectivity index is 0.000000382. The molecule has 8 rings (SSSR count). The SMILES string of the molecule is C.C.CC(C)(CN)CO.CNc1cc(Cl)nc2c(C(=O)NCC(C)(C)CO)cnn12.CNc1cc(Cl)nc2c(C(=O)O)cnn12.CNc1cc(Nc2ccccc2OC)nc2c(C(=O)NCC(C)(C)CO)cnn12.COc1ccccc1N. The molecule has 0 aliphatic carbocycles. The minimum atomic E-state index is -1.08. The lowest BCUT2D eigenvalue weighted by Gasteiger charge is -2.21. The van der Waals surface area contributed by atoms with Crippen molar-refractivity contribution in [2.24, 2.45) is 22.0 Å². The van der Waals surface area contributed by atoms with Crippen LogP contribution >= 0.6 is 23.2 Å². The second-order valence-electron chi connectivity index (χ2n) is 20.0. The first-order valence-electron chi connectivity index (χ1n) is 25.0. The highest BCUT2D eigenvalue weighted by atomic mass is 35.5. The van der Waals surface area contributed by atoms with Gasteiger partial charge in [-0.25, -0.2) is 19.7 Å². The third kappa shape index (κ3) is 19.7. The lowest BCUT2D eigenvalue weighted by molar-refractivity contribution is 0.0698. The van der Waals surface area contributed by atoms with Crippen molar-refractivity contribution in [3.05, 3.63) is 112 Å². The molecule has 2 amide bonds. The fourth-order valence-electron chi connectivity index (χ4n) is 6.46. The highest BCUT2D eigenvalue weighted by Gasteiger charge is 2.24. The van der Waals surface area contributed by atoms with E-state index in [0.29, 0.717) is 76.8 Å². The van der Waals surface area contributed by atoms with E-state index in [2.05, 4.69) is 62.1 Å². The van der Waals surface area contributed by atoms with Crippen molar-refractivity contribution in [2.45, 2.75) is 56.4 Å². The van der Waals surface area contributed by atoms with Crippen molar-refractivity contribution in [3.8, 4) is 11.5 Å². The van der Waals surface area contributed by atoms with Gasteiger partial charge in [0.05, 0.1) is 44.2 Å². The van der Waals surface area contributed by atoms with Crippen LogP contribution < -0.4 is 52.8 Å². The number of para-hydroxylation sites is 4. The monoisotopic (exact) mass is 1190 g/mol. The van der Waals surface area contributed by atoms with Crippen LogP contribution in [0.4, 0.5) is 34.6 Å². The Morgan fingerprint density at radius 3 is 1.35 bits per heavy atom. The van der Waals surface area contributed by atoms with Crippen LogP contribution in [0.5, 0.6) is 11.5 Å². The second kappa shape index (κ2) is 32.4. The van der Waals surface area contributed by atoms with Gasteiger partial charge in [0.15, 0.2) is 16.9 Å². The smallest absolute Gasteiger partial charge is 0.341 e. The Morgan fingerprint density at radius 2 is 0.976 bits per heavy atom. The Kier molecular flexibility index (Phi) is 27.6. The number of aliphatic hydroxyl groups is 3. The number of fused-ring (bicyclic) bond motifs is 3. The van der Waals surface area contributed by atoms with Crippen molar-refractivity contribution in [3.63, 3.8) is 0 Å². The number of nitrogens with two attached hydrogens (primary N) is 2. The van der Waals surface area contributed by atoms with Crippen LogP contribution in [-0.4, -0.2) is 157 Å². The van der Waals surface area contributed by atoms with Gasteiger partial charge in [0.2, 0.25) is 0 Å². The summed E-state index contributed by atoms with van der Waals surface area (Å²) < 4.78 is 14.8. The Labute approximate surface area is 493 Å². The maximum atomic E-state index is 12.7. The van der Waals surface area contributed by atoms with Gasteiger partial charge >= 0.3 is 5.97 Å². The molecule has 28 heteroatoms. The molecular formula is C55H81Cl2N17O9. The molecule has 0 spiro atoms. The first-order chi connectivity index (χ1) is 38.3. The molecule has 6 aromatic heterocycles. The van der Waals surface area contributed by atoms with E-state index in [0.717, 1.165) is 11.4 Å². The van der Waals surface area contributed by atoms with Gasteiger partial charge < -0.3 is 73.3 Å². The summed E-state index contributed by atoms with van der Waals surface area (Å²) in [5, 5.41) is 66.5. The van der Waals surface area contributed by atoms with Gasteiger partial charge in [-0.3, -0.25) is 9.59 Å². The summed E-state index contributed by atoms with van der Waals surface area (Å²) in [4.78, 5) is 48.4. The van der Waals surface area contributed by atoms with Crippen LogP contribution in [0.3, 0.4) is 0 Å². The molecule has 0 fully saturated rings. The molecule has 0 saturated carbocycles. The number of halogens is 2. The number of nitrogen functional groups attached to an aromatic ring is 1. The summed E-state index contributed by atoms with van der Waals surface area (Å²) in [5.41, 5.74) is 13.0. The largest absolute Gasteiger partial charge is 0.495 e. The number of methoxy groups -OCH3 is 2. The van der Waals surface area contributed by atoms with E-state index < -0.39 is 11.4 Å². The van der Waals surface area contributed by atoms with Crippen molar-refractivity contribution in [1.82, 2.24) is 54.4 Å². The van der Waals surface area contributed by atoms with E-state index in [9.17, 15) is 24.6 Å². The zero-order valence-corrected chi connectivity index (χ0v) is 48.6. The molecule has 454 valence electrons. The number of carbonyl (C=O) groups is 3. The lowest BCUT2D eigenvalue weighted by Crippen LogP contribution is -2.36. The average molecular weight is 1200 g/mol. The number of nitrogens with zero attached hydrogens (tertiary/aromatic N) is 9. The number of nitrogens with one attached hydrogen (secondary N) is 6. The van der Waals surface area contributed by atoms with Gasteiger partial charge in [-0.05, 0) is 30.8 Å². The molecule has 0 radical (unpaired) electrons. The van der Waals surface area contributed by atoms with Crippen LogP contribution in [0.25, 0.3) is 16.9 Å². The molecule has 0 aliphatic heterocycles. The maximum absolute atomic E-state index is 12.7. The molecule has 0 aliphatic rings. The molecule has 6 heterocycles. The number of amides is 2. The van der Waals surface area contributed by atoms with Gasteiger partial charge in [-0.2, -0.15) is 28.8 Å². The van der Waals surface area contributed by atoms with E-state index in [-0.39, 0.29) is 78.8 Å². The molecule has 14 N–H and O–H groups in total. The number of ether oxygens (including phenoxy) is 2. The molecule has 2 aromatic carbocycles. The summed E-state index contributed by atoms with van der Waals surface area (Å²) in [7, 11) is 8.39. The summed E-state index contributed by atoms with van der Waals surface area (Å²) in [6, 6.07) is 19.9. The summed E-state index contributed by atoms with van der Waals surface area (Å²) >= 11 is 11.7. The number of rotatable bonds is 18. The predicted molar refractivity (Wildman–Crippen MR) is 328 cm³/mol. The Bertz CT molecular complexity index is 3360. The number of aliphatic hydroxyl groups excluding tert-OH is 3. The summed E-state index contributed by atoms with van der Waals surface area (Å²) in [5.74, 6) is 2.15. The van der Waals surface area contributed by atoms with Gasteiger partial charge in [-0.15, -0.1) is 0 Å². The molecule has 26 nitrogen and oxygen atoms in total. The van der Waals surface area contributed by atoms with Crippen molar-refractivity contribution < 1.29 is 44.3 Å². The van der Waals surface area contributed by atoms with Crippen LogP contribution in [0.15, 0.2) is 85.3 Å². The Morgan fingerprint density at radius 1 is 0.590 bits per heavy atom. The van der Waals surface area contributed by atoms with Gasteiger partial charge in [-0.1, -0.05) is 104 Å². The molecule has 0 saturated heterocycles. The van der Waals surface area contributed by atoms with E-state index >= 15 is 0 Å². The van der Waals surface area contributed by atoms with Crippen molar-refractivity contribution >= 4 is 92.6 Å². The quantitative estimate of drug-likeness (QED) is 0.0301. The third-order valence-electron chi connectivity index (χ3n) is 11.6. The van der Waals surface area contributed by atoms with Gasteiger partial charge in [0.1, 0.15) is 61.8 Å². The molecule has 0 atom stereocenters. The van der Waals surface area contributed by atoms with Crippen LogP contribution in [0.2, 0.25) is 10.3 Å². The topological polar surface area (TPSA) is 365 Å². The summed E-state index contributed by atoms with van der Waals surface area (Å²) in [6.07, 6.45) is 4.17. The first kappa shape index (κ1) is 70.8. The van der Waals surface area contributed by atoms with Crippen LogP contribution in [0.1, 0.15) is 87.5 Å². The molecule has 83 heavy (non-hydrogen) atoms. The number of benzene rings is 2. The summed E-state index contributed by atoms with van der Waals surface area (Å²) in [6.45, 7) is 12.7. The zero-order valence-electron chi connectivity index (χ0n) is 47.1. The number of hydrogen-bond acceptors (Lipinski definition) is 20. The number of aromatic nitrogens is 9. The number of anilines is 6. The van der Waals surface area contributed by atoms with Crippen LogP contribution in [-0.2, 0) is 0 Å². The number of hydrogen-bond donors (Lipinski definition) is 12. The van der Waals surface area contributed by atoms with E-state index in [1.54, 1.807) is 64.1 Å². The highest BCUT2D eigenvalue weighted by Crippen LogP contribution is 2.29. The highest BCUT2D eigenvalue weighted by molar-refractivity contribution is 6.30. The van der Waals surface area contributed by atoms with Crippen molar-refractivity contribution in [2.75, 3.05) is 102 Å². The number of carbonyl (C=O) groups excluding carboxylic acids is 2. The minimum absolute atomic E-state index is 0. The Hall–Kier alpha value is -8.27. The normalized spacial score (nSPS) is 10.8. The maximum Gasteiger partial charge on any atom is 0.341 e. The number of aromatic carboxylic acids is 1. The second-order valence-corrected chi connectivity index (χ2v) is 20.8. The number of carboxylic acid groups (broad SMARTS) is 1. The molecule has 8 aromatic rings. The average Bonchev–Trinajstić information content (AvgIpc) is 4.41. The fraction of sp³-hybridized carbons (Fsp3) is 0.400. The standard InChI is InChI=1S/C20H26N6O3.C13H18ClN5O2.C8H7ClN4O2.C7H9NO.C5H13NO.2CH4/c1-20(2,12-27)11-22-19(28)13-10-23-26-17(21-3)9-16(25-18(13)26)24-14-7-5-6-8-15(14)29-4;1-13(2,7-20)6-16-12(21)8-5-17-19-10(15-3)4-9(14)18-11(8)19;1-10-6-2-5(9)12-7-4(8(14)15)3-11-13(6)7;1-9-7-5-3-2-4-6(7)8;1-5(2,3-6)4-7;;/h5-10,21,27H,11-12H2,1-4H3,(H,22,28)(H,24,25);4-5,15,20H,6-7H2,1-3H3,(H,16,21);2-3,10H,1H3,(H,14,15);2-5H,8H2,1H3;7H,3-4,6H2,1-2H3;2*1H4. The first-order valence-corrected chi connectivity index (χ1v) is 25.7.